The van der Waals surface area contributed by atoms with Crippen LogP contribution in [0.15, 0.2) is 48.5 Å². The van der Waals surface area contributed by atoms with Crippen molar-refractivity contribution >= 4 is 18.0 Å². The molecule has 180 valence electrons. The van der Waals surface area contributed by atoms with E-state index in [1.165, 1.54) is 0 Å². The van der Waals surface area contributed by atoms with Gasteiger partial charge in [-0.15, -0.1) is 0 Å². The number of carboxylic acids is 1. The molecule has 34 heavy (non-hydrogen) atoms. The van der Waals surface area contributed by atoms with Crippen molar-refractivity contribution in [3.63, 3.8) is 0 Å². The number of carboxylic acid groups (broad SMARTS) is 1. The fraction of sp³-hybridized carbons (Fsp3) is 0.423. The smallest absolute Gasteiger partial charge is 0.407 e. The summed E-state index contributed by atoms with van der Waals surface area (Å²) in [4.78, 5) is 36.0. The van der Waals surface area contributed by atoms with Crippen LogP contribution in [0.1, 0.15) is 49.1 Å². The van der Waals surface area contributed by atoms with Crippen molar-refractivity contribution in [1.29, 1.82) is 0 Å². The third-order valence-electron chi connectivity index (χ3n) is 6.75. The van der Waals surface area contributed by atoms with E-state index in [1.54, 1.807) is 0 Å². The van der Waals surface area contributed by atoms with E-state index in [-0.39, 0.29) is 37.4 Å². The molecule has 8 heteroatoms. The third-order valence-corrected chi connectivity index (χ3v) is 6.75. The van der Waals surface area contributed by atoms with Gasteiger partial charge in [-0.2, -0.15) is 0 Å². The van der Waals surface area contributed by atoms with Crippen LogP contribution in [-0.4, -0.2) is 53.5 Å². The number of carbonyl (C=O) groups excluding carboxylic acids is 2. The first kappa shape index (κ1) is 23.8. The van der Waals surface area contributed by atoms with E-state index in [0.29, 0.717) is 12.8 Å². The number of rotatable bonds is 8. The number of carbonyl (C=O) groups is 3. The molecule has 2 aromatic carbocycles. The third kappa shape index (κ3) is 5.22. The minimum Gasteiger partial charge on any atom is -0.479 e. The number of hydrogen-bond donors (Lipinski definition) is 4. The SMILES string of the molecule is O=C(N[C@@H]1CCCC[C@@H]1C(=O)NCC[C@H](O)C(=O)O)OCC1c2ccccc2-c2ccccc21. The van der Waals surface area contributed by atoms with Crippen LogP contribution in [-0.2, 0) is 14.3 Å². The van der Waals surface area contributed by atoms with E-state index in [9.17, 15) is 19.5 Å². The van der Waals surface area contributed by atoms with E-state index in [1.807, 2.05) is 24.3 Å². The first-order valence-corrected chi connectivity index (χ1v) is 11.8. The van der Waals surface area contributed by atoms with Gasteiger partial charge < -0.3 is 25.6 Å². The predicted octanol–water partition coefficient (Wildman–Crippen LogP) is 3.04. The van der Waals surface area contributed by atoms with E-state index < -0.39 is 24.1 Å². The Kier molecular flexibility index (Phi) is 7.47. The Morgan fingerprint density at radius 1 is 0.971 bits per heavy atom. The Morgan fingerprint density at radius 3 is 2.24 bits per heavy atom. The fourth-order valence-corrected chi connectivity index (χ4v) is 5.00. The number of benzene rings is 2. The lowest BCUT2D eigenvalue weighted by atomic mass is 9.84. The average Bonchev–Trinajstić information content (AvgIpc) is 3.16. The van der Waals surface area contributed by atoms with E-state index in [2.05, 4.69) is 34.9 Å². The molecule has 4 rings (SSSR count). The Bertz CT molecular complexity index is 1010. The topological polar surface area (TPSA) is 125 Å². The predicted molar refractivity (Wildman–Crippen MR) is 125 cm³/mol. The number of ether oxygens (including phenoxy) is 1. The maximum absolute atomic E-state index is 12.7. The van der Waals surface area contributed by atoms with Crippen LogP contribution < -0.4 is 10.6 Å². The van der Waals surface area contributed by atoms with Crippen LogP contribution in [0.3, 0.4) is 0 Å². The summed E-state index contributed by atoms with van der Waals surface area (Å²) in [6.07, 6.45) is 0.934. The summed E-state index contributed by atoms with van der Waals surface area (Å²) in [5.74, 6) is -2.02. The second-order valence-electron chi connectivity index (χ2n) is 8.90. The quantitative estimate of drug-likeness (QED) is 0.474. The van der Waals surface area contributed by atoms with Crippen LogP contribution in [0.5, 0.6) is 0 Å². The van der Waals surface area contributed by atoms with Gasteiger partial charge in [-0.3, -0.25) is 4.79 Å². The molecule has 4 N–H and O–H groups in total. The van der Waals surface area contributed by atoms with Crippen LogP contribution >= 0.6 is 0 Å². The molecule has 2 amide bonds. The van der Waals surface area contributed by atoms with Gasteiger partial charge in [-0.25, -0.2) is 9.59 Å². The van der Waals surface area contributed by atoms with Crippen molar-refractivity contribution in [1.82, 2.24) is 10.6 Å². The van der Waals surface area contributed by atoms with Crippen LogP contribution in [0.25, 0.3) is 11.1 Å². The van der Waals surface area contributed by atoms with E-state index in [4.69, 9.17) is 9.84 Å². The first-order valence-electron chi connectivity index (χ1n) is 11.8. The van der Waals surface area contributed by atoms with Gasteiger partial charge in [0.2, 0.25) is 5.91 Å². The highest BCUT2D eigenvalue weighted by Crippen LogP contribution is 2.44. The monoisotopic (exact) mass is 466 g/mol. The zero-order valence-electron chi connectivity index (χ0n) is 18.9. The number of aliphatic hydroxyl groups excluding tert-OH is 1. The standard InChI is InChI=1S/C26H30N2O6/c29-23(25(31)32)13-14-27-24(30)20-11-5-6-12-22(20)28-26(33)34-15-21-18-9-3-1-7-16(18)17-8-2-4-10-19(17)21/h1-4,7-10,20-23,29H,5-6,11-15H2,(H,27,30)(H,28,33)(H,31,32)/t20-,22+,23-/m0/s1. The fourth-order valence-electron chi connectivity index (χ4n) is 5.00. The molecule has 0 radical (unpaired) electrons. The maximum Gasteiger partial charge on any atom is 0.407 e. The molecule has 8 nitrogen and oxygen atoms in total. The molecule has 0 heterocycles. The summed E-state index contributed by atoms with van der Waals surface area (Å²) in [5.41, 5.74) is 4.58. The highest BCUT2D eigenvalue weighted by atomic mass is 16.5. The molecule has 0 aliphatic heterocycles. The summed E-state index contributed by atoms with van der Waals surface area (Å²) in [5, 5.41) is 23.7. The van der Waals surface area contributed by atoms with Crippen molar-refractivity contribution in [2.24, 2.45) is 5.92 Å². The molecule has 2 aliphatic carbocycles. The highest BCUT2D eigenvalue weighted by molar-refractivity contribution is 5.81. The van der Waals surface area contributed by atoms with Gasteiger partial charge in [-0.05, 0) is 35.1 Å². The molecule has 1 fully saturated rings. The Morgan fingerprint density at radius 2 is 1.59 bits per heavy atom. The number of alkyl carbamates (subject to hydrolysis) is 1. The Balaban J connectivity index is 1.33. The van der Waals surface area contributed by atoms with Crippen LogP contribution in [0, 0.1) is 5.92 Å². The molecule has 3 atom stereocenters. The summed E-state index contributed by atoms with van der Waals surface area (Å²) in [6.45, 7) is 0.261. The molecular formula is C26H30N2O6. The van der Waals surface area contributed by atoms with Gasteiger partial charge in [0.25, 0.3) is 0 Å². The van der Waals surface area contributed by atoms with E-state index >= 15 is 0 Å². The minimum absolute atomic E-state index is 0.0377. The maximum atomic E-state index is 12.7. The molecule has 0 spiro atoms. The van der Waals surface area contributed by atoms with Crippen molar-refractivity contribution in [3.05, 3.63) is 59.7 Å². The number of aliphatic hydroxyl groups is 1. The van der Waals surface area contributed by atoms with E-state index in [0.717, 1.165) is 35.1 Å². The zero-order valence-corrected chi connectivity index (χ0v) is 18.9. The molecule has 0 saturated heterocycles. The molecular weight excluding hydrogens is 436 g/mol. The highest BCUT2D eigenvalue weighted by Gasteiger charge is 2.33. The first-order chi connectivity index (χ1) is 16.5. The number of fused-ring (bicyclic) bond motifs is 3. The Labute approximate surface area is 198 Å². The largest absolute Gasteiger partial charge is 0.479 e. The van der Waals surface area contributed by atoms with Crippen molar-refractivity contribution < 1.29 is 29.3 Å². The number of amides is 2. The number of nitrogens with one attached hydrogen (secondary N) is 2. The molecule has 2 aliphatic rings. The van der Waals surface area contributed by atoms with Crippen LogP contribution in [0.2, 0.25) is 0 Å². The molecule has 0 bridgehead atoms. The van der Waals surface area contributed by atoms with Crippen molar-refractivity contribution in [2.75, 3.05) is 13.2 Å². The average molecular weight is 467 g/mol. The van der Waals surface area contributed by atoms with Crippen LogP contribution in [0.4, 0.5) is 4.79 Å². The van der Waals surface area contributed by atoms with Gasteiger partial charge in [-0.1, -0.05) is 61.4 Å². The summed E-state index contributed by atoms with van der Waals surface area (Å²) in [6, 6.07) is 15.9. The van der Waals surface area contributed by atoms with Gasteiger partial charge in [0.15, 0.2) is 6.10 Å². The molecule has 0 unspecified atom stereocenters. The molecule has 1 saturated carbocycles. The Hall–Kier alpha value is -3.39. The molecule has 0 aromatic heterocycles. The van der Waals surface area contributed by atoms with Gasteiger partial charge in [0.1, 0.15) is 6.61 Å². The zero-order chi connectivity index (χ0) is 24.1. The van der Waals surface area contributed by atoms with Gasteiger partial charge in [0, 0.05) is 24.9 Å². The number of aliphatic carboxylic acids is 1. The lowest BCUT2D eigenvalue weighted by molar-refractivity contribution is -0.147. The second-order valence-corrected chi connectivity index (χ2v) is 8.90. The number of hydrogen-bond acceptors (Lipinski definition) is 5. The summed E-state index contributed by atoms with van der Waals surface area (Å²) >= 11 is 0. The minimum atomic E-state index is -1.51. The lowest BCUT2D eigenvalue weighted by Gasteiger charge is -2.31. The lowest BCUT2D eigenvalue weighted by Crippen LogP contribution is -2.49. The molecule has 2 aromatic rings. The summed E-state index contributed by atoms with van der Waals surface area (Å²) < 4.78 is 5.63. The van der Waals surface area contributed by atoms with Crippen molar-refractivity contribution in [3.8, 4) is 11.1 Å². The van der Waals surface area contributed by atoms with Crippen molar-refractivity contribution in [2.45, 2.75) is 50.2 Å². The van der Waals surface area contributed by atoms with Gasteiger partial charge >= 0.3 is 12.1 Å². The second kappa shape index (κ2) is 10.7. The normalized spacial score (nSPS) is 20.0. The summed E-state index contributed by atoms with van der Waals surface area (Å²) in [7, 11) is 0. The van der Waals surface area contributed by atoms with Gasteiger partial charge in [0.05, 0.1) is 5.92 Å².